The number of pyridine rings is 1. The maximum atomic E-state index is 12.1. The van der Waals surface area contributed by atoms with Crippen molar-refractivity contribution in [1.82, 2.24) is 14.6 Å². The predicted molar refractivity (Wildman–Crippen MR) is 78.5 cm³/mol. The fourth-order valence-corrected chi connectivity index (χ4v) is 2.38. The summed E-state index contributed by atoms with van der Waals surface area (Å²) in [7, 11) is 0. The second-order valence-corrected chi connectivity index (χ2v) is 5.68. The Bertz CT molecular complexity index is 599. The minimum absolute atomic E-state index is 0.201. The summed E-state index contributed by atoms with van der Waals surface area (Å²) in [6.45, 7) is 3.98. The highest BCUT2D eigenvalue weighted by Crippen LogP contribution is 2.19. The smallest absolute Gasteiger partial charge is 0.270 e. The van der Waals surface area contributed by atoms with Crippen molar-refractivity contribution in [3.63, 3.8) is 0 Å². The molecule has 7 heteroatoms. The zero-order valence-corrected chi connectivity index (χ0v) is 13.0. The van der Waals surface area contributed by atoms with Gasteiger partial charge in [0.1, 0.15) is 10.7 Å². The molecule has 0 aliphatic heterocycles. The third-order valence-corrected chi connectivity index (χ3v) is 4.13. The Morgan fingerprint density at radius 2 is 2.32 bits per heavy atom. The van der Waals surface area contributed by atoms with E-state index in [4.69, 9.17) is 0 Å². The Morgan fingerprint density at radius 3 is 3.00 bits per heavy atom. The quantitative estimate of drug-likeness (QED) is 0.927. The van der Waals surface area contributed by atoms with Gasteiger partial charge in [-0.25, -0.2) is 4.98 Å². The number of aryl methyl sites for hydroxylation is 2. The number of carbonyl (C=O) groups is 1. The van der Waals surface area contributed by atoms with Crippen LogP contribution in [0.4, 0.5) is 5.82 Å². The molecule has 1 N–H and O–H groups in total. The molecule has 0 fully saturated rings. The fourth-order valence-electron chi connectivity index (χ4n) is 1.56. The molecule has 100 valence electrons. The lowest BCUT2D eigenvalue weighted by Crippen LogP contribution is -2.13. The first-order valence-electron chi connectivity index (χ1n) is 5.86. The van der Waals surface area contributed by atoms with Gasteiger partial charge in [-0.2, -0.15) is 0 Å². The highest BCUT2D eigenvalue weighted by Gasteiger charge is 2.16. The van der Waals surface area contributed by atoms with Gasteiger partial charge in [0.15, 0.2) is 0 Å². The standard InChI is InChI=1S/C12H13BrN4OS/c1-3-4-9-11(19-17-16-9)12(18)15-10-5-7(2)8(13)6-14-10/h5-6H,3-4H2,1-2H3,(H,14,15,18). The van der Waals surface area contributed by atoms with E-state index >= 15 is 0 Å². The number of hydrogen-bond acceptors (Lipinski definition) is 5. The van der Waals surface area contributed by atoms with Crippen LogP contribution in [0.1, 0.15) is 34.3 Å². The van der Waals surface area contributed by atoms with Crippen LogP contribution < -0.4 is 5.32 Å². The monoisotopic (exact) mass is 340 g/mol. The van der Waals surface area contributed by atoms with Crippen LogP contribution in [0.25, 0.3) is 0 Å². The van der Waals surface area contributed by atoms with Gasteiger partial charge in [0.05, 0.1) is 5.69 Å². The number of amides is 1. The summed E-state index contributed by atoms with van der Waals surface area (Å²) in [5.74, 6) is 0.328. The molecule has 0 unspecified atom stereocenters. The molecule has 2 aromatic heterocycles. The largest absolute Gasteiger partial charge is 0.306 e. The lowest BCUT2D eigenvalue weighted by molar-refractivity contribution is 0.102. The van der Waals surface area contributed by atoms with E-state index in [9.17, 15) is 4.79 Å². The van der Waals surface area contributed by atoms with Gasteiger partial charge in [-0.3, -0.25) is 4.79 Å². The van der Waals surface area contributed by atoms with Crippen LogP contribution in [0, 0.1) is 6.92 Å². The number of nitrogens with zero attached hydrogens (tertiary/aromatic N) is 3. The van der Waals surface area contributed by atoms with Crippen molar-refractivity contribution in [2.24, 2.45) is 0 Å². The van der Waals surface area contributed by atoms with E-state index < -0.39 is 0 Å². The topological polar surface area (TPSA) is 67.8 Å². The van der Waals surface area contributed by atoms with Gasteiger partial charge in [0, 0.05) is 10.7 Å². The molecule has 2 heterocycles. The van der Waals surface area contributed by atoms with Crippen molar-refractivity contribution >= 4 is 39.2 Å². The molecule has 2 rings (SSSR count). The van der Waals surface area contributed by atoms with Gasteiger partial charge in [-0.05, 0) is 52.4 Å². The van der Waals surface area contributed by atoms with E-state index in [1.54, 1.807) is 6.20 Å². The highest BCUT2D eigenvalue weighted by atomic mass is 79.9. The Labute approximate surface area is 123 Å². The number of aromatic nitrogens is 3. The summed E-state index contributed by atoms with van der Waals surface area (Å²) in [4.78, 5) is 16.8. The molecule has 2 aromatic rings. The zero-order chi connectivity index (χ0) is 13.8. The molecule has 19 heavy (non-hydrogen) atoms. The van der Waals surface area contributed by atoms with Crippen LogP contribution in [-0.2, 0) is 6.42 Å². The van der Waals surface area contributed by atoms with Gasteiger partial charge in [-0.1, -0.05) is 17.8 Å². The molecule has 0 spiro atoms. The van der Waals surface area contributed by atoms with Crippen molar-refractivity contribution in [2.45, 2.75) is 26.7 Å². The Kier molecular flexibility index (Phi) is 4.60. The van der Waals surface area contributed by atoms with Crippen LogP contribution in [-0.4, -0.2) is 20.5 Å². The van der Waals surface area contributed by atoms with Gasteiger partial charge < -0.3 is 5.32 Å². The molecule has 0 atom stereocenters. The van der Waals surface area contributed by atoms with E-state index in [0.717, 1.165) is 40.1 Å². The number of halogens is 1. The number of anilines is 1. The SMILES string of the molecule is CCCc1nnsc1C(=O)Nc1cc(C)c(Br)cn1. The van der Waals surface area contributed by atoms with Crippen molar-refractivity contribution in [2.75, 3.05) is 5.32 Å². The minimum Gasteiger partial charge on any atom is -0.306 e. The summed E-state index contributed by atoms with van der Waals surface area (Å²) in [5, 5.41) is 6.75. The first-order chi connectivity index (χ1) is 9.11. The average Bonchev–Trinajstić information content (AvgIpc) is 2.83. The molecule has 0 bridgehead atoms. The van der Waals surface area contributed by atoms with Crippen LogP contribution in [0.5, 0.6) is 0 Å². The zero-order valence-electron chi connectivity index (χ0n) is 10.6. The molecule has 0 aliphatic carbocycles. The number of carbonyl (C=O) groups excluding carboxylic acids is 1. The van der Waals surface area contributed by atoms with Crippen molar-refractivity contribution in [1.29, 1.82) is 0 Å². The predicted octanol–water partition coefficient (Wildman–Crippen LogP) is 3.21. The van der Waals surface area contributed by atoms with E-state index in [0.29, 0.717) is 10.7 Å². The summed E-state index contributed by atoms with van der Waals surface area (Å²) >= 11 is 4.49. The number of hydrogen-bond donors (Lipinski definition) is 1. The molecular formula is C12H13BrN4OS. The molecule has 0 aliphatic rings. The van der Waals surface area contributed by atoms with Gasteiger partial charge in [0.25, 0.3) is 5.91 Å². The lowest BCUT2D eigenvalue weighted by Gasteiger charge is -2.05. The normalized spacial score (nSPS) is 10.5. The van der Waals surface area contributed by atoms with Gasteiger partial charge in [-0.15, -0.1) is 5.10 Å². The van der Waals surface area contributed by atoms with Crippen LogP contribution in [0.3, 0.4) is 0 Å². The first kappa shape index (κ1) is 14.1. The summed E-state index contributed by atoms with van der Waals surface area (Å²) in [5.41, 5.74) is 1.76. The van der Waals surface area contributed by atoms with E-state index in [-0.39, 0.29) is 5.91 Å². The third-order valence-electron chi connectivity index (χ3n) is 2.54. The molecule has 0 radical (unpaired) electrons. The van der Waals surface area contributed by atoms with E-state index in [1.165, 1.54) is 0 Å². The maximum absolute atomic E-state index is 12.1. The second kappa shape index (κ2) is 6.21. The van der Waals surface area contributed by atoms with Crippen molar-refractivity contribution < 1.29 is 4.79 Å². The molecule has 0 saturated heterocycles. The summed E-state index contributed by atoms with van der Waals surface area (Å²) in [6.07, 6.45) is 3.36. The minimum atomic E-state index is -0.201. The van der Waals surface area contributed by atoms with Crippen LogP contribution in [0.2, 0.25) is 0 Å². The fraction of sp³-hybridized carbons (Fsp3) is 0.333. The van der Waals surface area contributed by atoms with Crippen LogP contribution in [0.15, 0.2) is 16.7 Å². The second-order valence-electron chi connectivity index (χ2n) is 4.07. The summed E-state index contributed by atoms with van der Waals surface area (Å²) < 4.78 is 4.75. The molecular weight excluding hydrogens is 328 g/mol. The van der Waals surface area contributed by atoms with Gasteiger partial charge in [0.2, 0.25) is 0 Å². The number of nitrogens with one attached hydrogen (secondary N) is 1. The molecule has 0 aromatic carbocycles. The van der Waals surface area contributed by atoms with E-state index in [2.05, 4.69) is 35.8 Å². The third kappa shape index (κ3) is 3.36. The van der Waals surface area contributed by atoms with Gasteiger partial charge >= 0.3 is 0 Å². The molecule has 5 nitrogen and oxygen atoms in total. The van der Waals surface area contributed by atoms with Crippen molar-refractivity contribution in [3.8, 4) is 0 Å². The van der Waals surface area contributed by atoms with Crippen molar-refractivity contribution in [3.05, 3.63) is 32.9 Å². The maximum Gasteiger partial charge on any atom is 0.270 e. The summed E-state index contributed by atoms with van der Waals surface area (Å²) in [6, 6.07) is 1.82. The Morgan fingerprint density at radius 1 is 1.53 bits per heavy atom. The first-order valence-corrected chi connectivity index (χ1v) is 7.43. The Hall–Kier alpha value is -1.34. The highest BCUT2D eigenvalue weighted by molar-refractivity contribution is 9.10. The van der Waals surface area contributed by atoms with Crippen LogP contribution >= 0.6 is 27.5 Å². The number of rotatable bonds is 4. The molecule has 0 saturated carbocycles. The lowest BCUT2D eigenvalue weighted by atomic mass is 10.2. The van der Waals surface area contributed by atoms with E-state index in [1.807, 2.05) is 19.9 Å². The molecule has 1 amide bonds. The average molecular weight is 341 g/mol. The Balaban J connectivity index is 2.16.